The second-order valence-electron chi connectivity index (χ2n) is 9.59. The molecule has 0 spiro atoms. The number of carboxylic acid groups (broad SMARTS) is 2. The molecule has 3 N–H and O–H groups in total. The number of carboxylic acids is 2. The normalized spacial score (nSPS) is 15.5. The highest BCUT2D eigenvalue weighted by Gasteiger charge is 2.38. The molecule has 1 atom stereocenters. The van der Waals surface area contributed by atoms with Gasteiger partial charge < -0.3 is 20.0 Å². The van der Waals surface area contributed by atoms with Crippen LogP contribution in [0, 0.1) is 13.8 Å². The van der Waals surface area contributed by atoms with Crippen LogP contribution in [0.25, 0.3) is 0 Å². The van der Waals surface area contributed by atoms with Crippen molar-refractivity contribution in [2.75, 3.05) is 34.2 Å². The summed E-state index contributed by atoms with van der Waals surface area (Å²) in [6.07, 6.45) is -5.08. The molecule has 1 heterocycles. The second-order valence-corrected chi connectivity index (χ2v) is 11.3. The molecule has 1 aliphatic heterocycles. The minimum absolute atomic E-state index is 0.0700. The lowest BCUT2D eigenvalue weighted by atomic mass is 10.1. The van der Waals surface area contributed by atoms with Gasteiger partial charge in [-0.2, -0.15) is 13.2 Å². The third kappa shape index (κ3) is 8.13. The number of nitrogens with zero attached hydrogens (tertiary/aromatic N) is 2. The number of piperazine rings is 1. The summed E-state index contributed by atoms with van der Waals surface area (Å²) >= 11 is 0. The average molecular weight is 594 g/mol. The predicted molar refractivity (Wildman–Crippen MR) is 149 cm³/mol. The van der Waals surface area contributed by atoms with Gasteiger partial charge in [0, 0.05) is 37.1 Å². The van der Waals surface area contributed by atoms with E-state index in [4.69, 9.17) is 9.90 Å². The number of benzene rings is 3. The first-order valence-electron chi connectivity index (χ1n) is 12.4. The van der Waals surface area contributed by atoms with Crippen LogP contribution >= 0.6 is 0 Å². The van der Waals surface area contributed by atoms with Crippen LogP contribution in [0.5, 0.6) is 0 Å². The van der Waals surface area contributed by atoms with Gasteiger partial charge in [-0.1, -0.05) is 24.3 Å². The summed E-state index contributed by atoms with van der Waals surface area (Å²) in [4.78, 5) is 25.5. The summed E-state index contributed by atoms with van der Waals surface area (Å²) in [5.41, 5.74) is 4.05. The molecular formula is C28H30F3N3O6S. The molecule has 9 nitrogen and oxygen atoms in total. The maximum Gasteiger partial charge on any atom is 0.490 e. The first-order valence-corrected chi connectivity index (χ1v) is 13.9. The number of hydrogen-bond donors (Lipinski definition) is 3. The maximum atomic E-state index is 12.8. The van der Waals surface area contributed by atoms with E-state index in [9.17, 15) is 31.5 Å². The van der Waals surface area contributed by atoms with Gasteiger partial charge in [0.15, 0.2) is 0 Å². The van der Waals surface area contributed by atoms with Crippen LogP contribution in [0.3, 0.4) is 0 Å². The molecule has 220 valence electrons. The summed E-state index contributed by atoms with van der Waals surface area (Å²) in [7, 11) is -3.83. The number of alkyl halides is 3. The van der Waals surface area contributed by atoms with Crippen molar-refractivity contribution in [3.05, 3.63) is 83.4 Å². The lowest BCUT2D eigenvalue weighted by Crippen LogP contribution is -2.52. The molecule has 0 aromatic heterocycles. The quantitative estimate of drug-likeness (QED) is 0.358. The molecule has 0 saturated carbocycles. The SMILES string of the molecule is Cc1cccc(N2CCN(c3ccc(NS(=O)(=O)c4cccc(C)c4)cc3C(=O)O)CC2C)c1.O=C(O)C(F)(F)F. The standard InChI is InChI=1S/C26H29N3O4S.C2HF3O2/c1-18-6-4-8-22(14-18)29-13-12-28(17-20(29)3)25-11-10-21(16-24(25)26(30)31)27-34(32,33)23-9-5-7-19(2)15-23;3-2(4,5)1(6)7/h4-11,14-16,20,27H,12-13,17H2,1-3H3,(H,30,31);(H,6,7). The zero-order valence-corrected chi connectivity index (χ0v) is 23.3. The Bertz CT molecular complexity index is 1530. The Hall–Kier alpha value is -4.26. The molecule has 3 aromatic carbocycles. The summed E-state index contributed by atoms with van der Waals surface area (Å²) < 4.78 is 59.8. The van der Waals surface area contributed by atoms with Crippen molar-refractivity contribution in [1.82, 2.24) is 0 Å². The van der Waals surface area contributed by atoms with E-state index in [-0.39, 0.29) is 22.2 Å². The number of rotatable bonds is 6. The fraction of sp³-hybridized carbons (Fsp3) is 0.286. The highest BCUT2D eigenvalue weighted by atomic mass is 32.2. The molecule has 13 heteroatoms. The van der Waals surface area contributed by atoms with Gasteiger partial charge in [0.1, 0.15) is 0 Å². The Kier molecular flexibility index (Phi) is 9.53. The average Bonchev–Trinajstić information content (AvgIpc) is 2.88. The number of anilines is 3. The smallest absolute Gasteiger partial charge is 0.478 e. The lowest BCUT2D eigenvalue weighted by molar-refractivity contribution is -0.192. The van der Waals surface area contributed by atoms with Crippen LogP contribution in [-0.4, -0.2) is 62.4 Å². The largest absolute Gasteiger partial charge is 0.490 e. The Morgan fingerprint density at radius 3 is 2.07 bits per heavy atom. The fourth-order valence-electron chi connectivity index (χ4n) is 4.41. The predicted octanol–water partition coefficient (Wildman–Crippen LogP) is 5.15. The molecule has 4 rings (SSSR count). The van der Waals surface area contributed by atoms with E-state index in [1.807, 2.05) is 19.1 Å². The van der Waals surface area contributed by atoms with Crippen LogP contribution in [0.1, 0.15) is 28.4 Å². The van der Waals surface area contributed by atoms with E-state index in [0.29, 0.717) is 18.8 Å². The fourth-order valence-corrected chi connectivity index (χ4v) is 5.56. The molecule has 1 saturated heterocycles. The first kappa shape index (κ1) is 31.3. The minimum atomic E-state index is -5.08. The number of aliphatic carboxylic acids is 1. The minimum Gasteiger partial charge on any atom is -0.478 e. The zero-order valence-electron chi connectivity index (χ0n) is 22.5. The van der Waals surface area contributed by atoms with Gasteiger partial charge in [0.05, 0.1) is 16.1 Å². The van der Waals surface area contributed by atoms with Gasteiger partial charge >= 0.3 is 18.1 Å². The van der Waals surface area contributed by atoms with Gasteiger partial charge in [-0.25, -0.2) is 18.0 Å². The number of sulfonamides is 1. The van der Waals surface area contributed by atoms with Crippen LogP contribution in [0.15, 0.2) is 71.6 Å². The highest BCUT2D eigenvalue weighted by Crippen LogP contribution is 2.30. The third-order valence-corrected chi connectivity index (χ3v) is 7.70. The van der Waals surface area contributed by atoms with Crippen molar-refractivity contribution in [3.63, 3.8) is 0 Å². The molecule has 0 radical (unpaired) electrons. The van der Waals surface area contributed by atoms with E-state index in [1.54, 1.807) is 24.3 Å². The third-order valence-electron chi connectivity index (χ3n) is 6.32. The summed E-state index contributed by atoms with van der Waals surface area (Å²) in [6, 6.07) is 19.8. The topological polar surface area (TPSA) is 127 Å². The highest BCUT2D eigenvalue weighted by molar-refractivity contribution is 7.92. The molecule has 1 aliphatic rings. The van der Waals surface area contributed by atoms with E-state index in [2.05, 4.69) is 46.6 Å². The van der Waals surface area contributed by atoms with Gasteiger partial charge in [-0.15, -0.1) is 0 Å². The van der Waals surface area contributed by atoms with E-state index < -0.39 is 28.1 Å². The number of halogens is 3. The van der Waals surface area contributed by atoms with E-state index in [0.717, 1.165) is 17.8 Å². The number of aromatic carboxylic acids is 1. The number of hydrogen-bond acceptors (Lipinski definition) is 6. The van der Waals surface area contributed by atoms with E-state index >= 15 is 0 Å². The molecule has 1 fully saturated rings. The molecular weight excluding hydrogens is 563 g/mol. The summed E-state index contributed by atoms with van der Waals surface area (Å²) in [5.74, 6) is -3.85. The molecule has 0 aliphatic carbocycles. The van der Waals surface area contributed by atoms with Crippen molar-refractivity contribution in [2.45, 2.75) is 37.9 Å². The molecule has 0 amide bonds. The zero-order chi connectivity index (χ0) is 30.5. The first-order chi connectivity index (χ1) is 19.1. The molecule has 3 aromatic rings. The van der Waals surface area contributed by atoms with Gasteiger partial charge in [-0.05, 0) is 74.4 Å². The Balaban J connectivity index is 0.000000587. The summed E-state index contributed by atoms with van der Waals surface area (Å²) in [6.45, 7) is 8.08. The lowest BCUT2D eigenvalue weighted by Gasteiger charge is -2.42. The number of nitrogens with one attached hydrogen (secondary N) is 1. The van der Waals surface area contributed by atoms with Gasteiger partial charge in [-0.3, -0.25) is 4.72 Å². The molecule has 1 unspecified atom stereocenters. The monoisotopic (exact) mass is 593 g/mol. The van der Waals surface area contributed by atoms with Crippen molar-refractivity contribution in [2.24, 2.45) is 0 Å². The van der Waals surface area contributed by atoms with Gasteiger partial charge in [0.25, 0.3) is 10.0 Å². The maximum absolute atomic E-state index is 12.8. The Morgan fingerprint density at radius 1 is 0.927 bits per heavy atom. The summed E-state index contributed by atoms with van der Waals surface area (Å²) in [5, 5.41) is 17.0. The van der Waals surface area contributed by atoms with Crippen molar-refractivity contribution < 1.29 is 41.4 Å². The molecule has 0 bridgehead atoms. The number of aryl methyl sites for hydroxylation is 2. The van der Waals surface area contributed by atoms with Crippen LogP contribution in [0.4, 0.5) is 30.2 Å². The van der Waals surface area contributed by atoms with Crippen molar-refractivity contribution in [1.29, 1.82) is 0 Å². The van der Waals surface area contributed by atoms with Crippen molar-refractivity contribution in [3.8, 4) is 0 Å². The Morgan fingerprint density at radius 2 is 1.54 bits per heavy atom. The van der Waals surface area contributed by atoms with Crippen LogP contribution in [0.2, 0.25) is 0 Å². The van der Waals surface area contributed by atoms with Crippen LogP contribution < -0.4 is 14.5 Å². The van der Waals surface area contributed by atoms with Crippen molar-refractivity contribution >= 4 is 39.0 Å². The number of carbonyl (C=O) groups is 2. The van der Waals surface area contributed by atoms with Gasteiger partial charge in [0.2, 0.25) is 0 Å². The van der Waals surface area contributed by atoms with E-state index in [1.165, 1.54) is 17.7 Å². The Labute approximate surface area is 235 Å². The second kappa shape index (κ2) is 12.5. The molecule has 41 heavy (non-hydrogen) atoms. The van der Waals surface area contributed by atoms with Crippen LogP contribution in [-0.2, 0) is 14.8 Å².